The number of carbonyl (C=O) groups is 1. The minimum Gasteiger partial charge on any atom is -0.493 e. The first-order valence-corrected chi connectivity index (χ1v) is 9.12. The van der Waals surface area contributed by atoms with Crippen LogP contribution in [0.3, 0.4) is 0 Å². The summed E-state index contributed by atoms with van der Waals surface area (Å²) in [7, 11) is 1.58. The minimum atomic E-state index is -0.165. The molecule has 0 unspecified atom stereocenters. The quantitative estimate of drug-likeness (QED) is 0.542. The number of carbonyl (C=O) groups excluding carboxylic acids is 1. The summed E-state index contributed by atoms with van der Waals surface area (Å²) in [6.07, 6.45) is 1.86. The van der Waals surface area contributed by atoms with Gasteiger partial charge in [0, 0.05) is 0 Å². The number of halogens is 1. The summed E-state index contributed by atoms with van der Waals surface area (Å²) in [4.78, 5) is 12.0. The van der Waals surface area contributed by atoms with Crippen molar-refractivity contribution in [1.82, 2.24) is 5.43 Å². The number of ether oxygens (including phenoxy) is 2. The van der Waals surface area contributed by atoms with Gasteiger partial charge in [-0.05, 0) is 71.1 Å². The zero-order valence-corrected chi connectivity index (χ0v) is 17.0. The summed E-state index contributed by atoms with van der Waals surface area (Å²) in [6, 6.07) is 9.65. The first-order valence-electron chi connectivity index (χ1n) is 8.33. The van der Waals surface area contributed by atoms with Crippen molar-refractivity contribution in [1.29, 1.82) is 0 Å². The number of nitrogens with zero attached hydrogens (tertiary/aromatic N) is 1. The zero-order valence-electron chi connectivity index (χ0n) is 15.4. The Morgan fingerprint density at radius 1 is 1.23 bits per heavy atom. The van der Waals surface area contributed by atoms with E-state index in [4.69, 9.17) is 9.47 Å². The third-order valence-electron chi connectivity index (χ3n) is 3.88. The second kappa shape index (κ2) is 9.38. The summed E-state index contributed by atoms with van der Waals surface area (Å²) >= 11 is 3.46. The van der Waals surface area contributed by atoms with Crippen molar-refractivity contribution in [2.75, 3.05) is 13.7 Å². The molecule has 0 aliphatic rings. The van der Waals surface area contributed by atoms with Crippen LogP contribution >= 0.6 is 15.9 Å². The fourth-order valence-electron chi connectivity index (χ4n) is 2.42. The molecule has 2 aromatic carbocycles. The van der Waals surface area contributed by atoms with E-state index in [2.05, 4.69) is 26.5 Å². The third kappa shape index (κ3) is 5.33. The first kappa shape index (κ1) is 20.0. The number of nitrogens with one attached hydrogen (secondary N) is 1. The van der Waals surface area contributed by atoms with Gasteiger partial charge in [0.25, 0.3) is 0 Å². The maximum atomic E-state index is 12.0. The highest BCUT2D eigenvalue weighted by atomic mass is 79.9. The second-order valence-corrected chi connectivity index (χ2v) is 6.71. The maximum Gasteiger partial charge on any atom is 0.244 e. The van der Waals surface area contributed by atoms with E-state index in [1.807, 2.05) is 45.0 Å². The molecule has 5 nitrogen and oxygen atoms in total. The van der Waals surface area contributed by atoms with E-state index in [0.29, 0.717) is 18.1 Å². The van der Waals surface area contributed by atoms with Crippen LogP contribution in [0, 0.1) is 13.8 Å². The number of hydrazone groups is 1. The standard InChI is InChI=1S/C20H23BrN2O3/c1-5-26-20-17(21)9-16(10-18(20)25-4)12-22-23-19(24)11-15-7-6-13(2)14(3)8-15/h6-10,12H,5,11H2,1-4H3,(H,23,24)/b22-12+. The molecule has 0 aliphatic heterocycles. The monoisotopic (exact) mass is 418 g/mol. The molecule has 0 atom stereocenters. The highest BCUT2D eigenvalue weighted by Crippen LogP contribution is 2.36. The van der Waals surface area contributed by atoms with Gasteiger partial charge in [0.05, 0.1) is 30.8 Å². The van der Waals surface area contributed by atoms with Gasteiger partial charge in [-0.25, -0.2) is 5.43 Å². The van der Waals surface area contributed by atoms with E-state index >= 15 is 0 Å². The van der Waals surface area contributed by atoms with Gasteiger partial charge in [0.2, 0.25) is 5.91 Å². The molecule has 0 fully saturated rings. The third-order valence-corrected chi connectivity index (χ3v) is 4.47. The lowest BCUT2D eigenvalue weighted by Gasteiger charge is -2.11. The topological polar surface area (TPSA) is 59.9 Å². The fraction of sp³-hybridized carbons (Fsp3) is 0.300. The van der Waals surface area contributed by atoms with Gasteiger partial charge in [-0.15, -0.1) is 0 Å². The molecule has 26 heavy (non-hydrogen) atoms. The van der Waals surface area contributed by atoms with Crippen molar-refractivity contribution < 1.29 is 14.3 Å². The van der Waals surface area contributed by atoms with Crippen LogP contribution in [0.25, 0.3) is 0 Å². The van der Waals surface area contributed by atoms with Crippen LogP contribution < -0.4 is 14.9 Å². The molecule has 0 heterocycles. The van der Waals surface area contributed by atoms with Gasteiger partial charge in [-0.1, -0.05) is 18.2 Å². The summed E-state index contributed by atoms with van der Waals surface area (Å²) in [6.45, 7) is 6.53. The summed E-state index contributed by atoms with van der Waals surface area (Å²) in [5, 5.41) is 4.03. The number of amides is 1. The molecule has 0 aliphatic carbocycles. The van der Waals surface area contributed by atoms with Gasteiger partial charge >= 0.3 is 0 Å². The lowest BCUT2D eigenvalue weighted by atomic mass is 10.0. The highest BCUT2D eigenvalue weighted by molar-refractivity contribution is 9.10. The SMILES string of the molecule is CCOc1c(Br)cc(/C=N/NC(=O)Cc2ccc(C)c(C)c2)cc1OC. The molecule has 0 spiro atoms. The van der Waals surface area contributed by atoms with Crippen molar-refractivity contribution >= 4 is 28.1 Å². The number of benzene rings is 2. The largest absolute Gasteiger partial charge is 0.493 e. The van der Waals surface area contributed by atoms with Crippen LogP contribution in [0.5, 0.6) is 11.5 Å². The molecule has 6 heteroatoms. The van der Waals surface area contributed by atoms with Gasteiger partial charge in [-0.2, -0.15) is 5.10 Å². The smallest absolute Gasteiger partial charge is 0.244 e. The predicted octanol–water partition coefficient (Wildman–Crippen LogP) is 4.17. The van der Waals surface area contributed by atoms with Crippen molar-refractivity contribution in [3.05, 3.63) is 57.1 Å². The minimum absolute atomic E-state index is 0.165. The molecule has 0 saturated heterocycles. The first-order chi connectivity index (χ1) is 12.4. The van der Waals surface area contributed by atoms with Gasteiger partial charge in [-0.3, -0.25) is 4.79 Å². The zero-order chi connectivity index (χ0) is 19.1. The normalized spacial score (nSPS) is 10.8. The molecular formula is C20H23BrN2O3. The van der Waals surface area contributed by atoms with Gasteiger partial charge < -0.3 is 9.47 Å². The Morgan fingerprint density at radius 2 is 2.00 bits per heavy atom. The summed E-state index contributed by atoms with van der Waals surface area (Å²) in [5.74, 6) is 1.08. The number of methoxy groups -OCH3 is 1. The van der Waals surface area contributed by atoms with E-state index in [1.54, 1.807) is 19.4 Å². The van der Waals surface area contributed by atoms with Crippen LogP contribution in [0.4, 0.5) is 0 Å². The average molecular weight is 419 g/mol. The van der Waals surface area contributed by atoms with Crippen LogP contribution in [0.1, 0.15) is 29.2 Å². The Kier molecular flexibility index (Phi) is 7.21. The number of hydrogen-bond donors (Lipinski definition) is 1. The highest BCUT2D eigenvalue weighted by Gasteiger charge is 2.10. The molecule has 0 radical (unpaired) electrons. The summed E-state index contributed by atoms with van der Waals surface area (Å²) in [5.41, 5.74) is 6.68. The molecule has 0 bridgehead atoms. The van der Waals surface area contributed by atoms with E-state index in [-0.39, 0.29) is 12.3 Å². The fourth-order valence-corrected chi connectivity index (χ4v) is 2.99. The summed E-state index contributed by atoms with van der Waals surface area (Å²) < 4.78 is 11.7. The van der Waals surface area contributed by atoms with Crippen molar-refractivity contribution in [3.8, 4) is 11.5 Å². The van der Waals surface area contributed by atoms with Crippen molar-refractivity contribution in [2.45, 2.75) is 27.2 Å². The van der Waals surface area contributed by atoms with E-state index in [1.165, 1.54) is 11.1 Å². The Hall–Kier alpha value is -2.34. The average Bonchev–Trinajstić information content (AvgIpc) is 2.60. The van der Waals surface area contributed by atoms with Crippen molar-refractivity contribution in [3.63, 3.8) is 0 Å². The molecule has 2 rings (SSSR count). The second-order valence-electron chi connectivity index (χ2n) is 5.86. The molecular weight excluding hydrogens is 396 g/mol. The predicted molar refractivity (Wildman–Crippen MR) is 107 cm³/mol. The van der Waals surface area contributed by atoms with Crippen LogP contribution in [-0.2, 0) is 11.2 Å². The maximum absolute atomic E-state index is 12.0. The molecule has 2 aromatic rings. The van der Waals surface area contributed by atoms with Crippen LogP contribution in [0.15, 0.2) is 39.9 Å². The Labute approximate surface area is 162 Å². The molecule has 0 saturated carbocycles. The van der Waals surface area contributed by atoms with E-state index < -0.39 is 0 Å². The van der Waals surface area contributed by atoms with E-state index in [0.717, 1.165) is 15.6 Å². The number of hydrogen-bond acceptors (Lipinski definition) is 4. The van der Waals surface area contributed by atoms with Gasteiger partial charge in [0.15, 0.2) is 11.5 Å². The molecule has 138 valence electrons. The Morgan fingerprint density at radius 3 is 2.65 bits per heavy atom. The Balaban J connectivity index is 2.02. The Bertz CT molecular complexity index is 819. The molecule has 1 N–H and O–H groups in total. The molecule has 0 aromatic heterocycles. The van der Waals surface area contributed by atoms with Gasteiger partial charge in [0.1, 0.15) is 0 Å². The number of aryl methyl sites for hydroxylation is 2. The van der Waals surface area contributed by atoms with Crippen LogP contribution in [-0.4, -0.2) is 25.8 Å². The van der Waals surface area contributed by atoms with E-state index in [9.17, 15) is 4.79 Å². The number of rotatable bonds is 7. The lowest BCUT2D eigenvalue weighted by Crippen LogP contribution is -2.19. The lowest BCUT2D eigenvalue weighted by molar-refractivity contribution is -0.120. The van der Waals surface area contributed by atoms with Crippen molar-refractivity contribution in [2.24, 2.45) is 5.10 Å². The molecule has 1 amide bonds. The van der Waals surface area contributed by atoms with Crippen LogP contribution in [0.2, 0.25) is 0 Å².